The van der Waals surface area contributed by atoms with E-state index in [0.29, 0.717) is 24.6 Å². The van der Waals surface area contributed by atoms with Gasteiger partial charge in [-0.25, -0.2) is 9.59 Å². The van der Waals surface area contributed by atoms with E-state index in [1.54, 1.807) is 12.3 Å². The van der Waals surface area contributed by atoms with Crippen LogP contribution in [0.3, 0.4) is 0 Å². The van der Waals surface area contributed by atoms with Gasteiger partial charge in [-0.15, -0.1) is 0 Å². The highest BCUT2D eigenvalue weighted by Gasteiger charge is 2.42. The van der Waals surface area contributed by atoms with Crippen LogP contribution in [0.1, 0.15) is 37.6 Å². The smallest absolute Gasteiger partial charge is 0.410 e. The number of anilines is 1. The van der Waals surface area contributed by atoms with Crippen molar-refractivity contribution in [2.45, 2.75) is 38.8 Å². The number of carbonyl (C=O) groups excluding carboxylic acids is 2. The summed E-state index contributed by atoms with van der Waals surface area (Å²) in [4.78, 5) is 32.3. The van der Waals surface area contributed by atoms with E-state index in [4.69, 9.17) is 9.47 Å². The van der Waals surface area contributed by atoms with Crippen molar-refractivity contribution < 1.29 is 19.1 Å². The summed E-state index contributed by atoms with van der Waals surface area (Å²) in [6.45, 7) is 7.89. The molecule has 25 heavy (non-hydrogen) atoms. The van der Waals surface area contributed by atoms with Gasteiger partial charge in [-0.1, -0.05) is 0 Å². The number of rotatable bonds is 2. The number of methoxy groups -OCH3 is 1. The number of piperidine rings is 1. The average molecular weight is 347 g/mol. The lowest BCUT2D eigenvalue weighted by Crippen LogP contribution is -2.45. The van der Waals surface area contributed by atoms with E-state index in [2.05, 4.69) is 9.88 Å². The maximum absolute atomic E-state index is 12.4. The van der Waals surface area contributed by atoms with Crippen LogP contribution in [0.25, 0.3) is 0 Å². The van der Waals surface area contributed by atoms with Crippen LogP contribution in [-0.4, -0.2) is 60.3 Å². The summed E-state index contributed by atoms with van der Waals surface area (Å²) >= 11 is 0. The Morgan fingerprint density at radius 3 is 2.64 bits per heavy atom. The summed E-state index contributed by atoms with van der Waals surface area (Å²) in [5.41, 5.74) is 0.817. The molecule has 2 fully saturated rings. The van der Waals surface area contributed by atoms with Crippen LogP contribution >= 0.6 is 0 Å². The zero-order valence-corrected chi connectivity index (χ0v) is 15.2. The molecule has 7 nitrogen and oxygen atoms in total. The summed E-state index contributed by atoms with van der Waals surface area (Å²) in [5.74, 6) is -0.00207. The van der Waals surface area contributed by atoms with Crippen LogP contribution in [-0.2, 0) is 9.47 Å². The van der Waals surface area contributed by atoms with E-state index in [-0.39, 0.29) is 12.1 Å². The predicted molar refractivity (Wildman–Crippen MR) is 92.6 cm³/mol. The molecular formula is C18H25N3O4. The number of amides is 1. The van der Waals surface area contributed by atoms with Crippen LogP contribution in [0.5, 0.6) is 0 Å². The Balaban J connectivity index is 1.72. The lowest BCUT2D eigenvalue weighted by molar-refractivity contribution is 0.0233. The number of likely N-dealkylation sites (tertiary alicyclic amines) is 1. The van der Waals surface area contributed by atoms with Gasteiger partial charge in [0.2, 0.25) is 0 Å². The molecule has 2 atom stereocenters. The highest BCUT2D eigenvalue weighted by atomic mass is 16.6. The van der Waals surface area contributed by atoms with Crippen LogP contribution in [0.15, 0.2) is 18.5 Å². The Hall–Kier alpha value is -2.31. The van der Waals surface area contributed by atoms with Gasteiger partial charge in [0, 0.05) is 25.8 Å². The number of ether oxygens (including phenoxy) is 2. The second-order valence-corrected chi connectivity index (χ2v) is 7.72. The maximum atomic E-state index is 12.4. The van der Waals surface area contributed by atoms with Gasteiger partial charge in [0.05, 0.1) is 30.6 Å². The van der Waals surface area contributed by atoms with E-state index >= 15 is 0 Å². The SMILES string of the molecule is COC(=O)c1cncc(N2CC3CC(C2)N(C(=O)OC(C)(C)C)C3)c1. The molecular weight excluding hydrogens is 322 g/mol. The third-order valence-corrected chi connectivity index (χ3v) is 4.55. The number of fused-ring (bicyclic) bond motifs is 2. The molecule has 136 valence electrons. The lowest BCUT2D eigenvalue weighted by Gasteiger charge is -2.34. The maximum Gasteiger partial charge on any atom is 0.410 e. The monoisotopic (exact) mass is 347 g/mol. The predicted octanol–water partition coefficient (Wildman–Crippen LogP) is 2.31. The van der Waals surface area contributed by atoms with Crippen LogP contribution in [0.4, 0.5) is 10.5 Å². The number of hydrogen-bond acceptors (Lipinski definition) is 6. The molecule has 2 aliphatic heterocycles. The fourth-order valence-corrected chi connectivity index (χ4v) is 3.54. The van der Waals surface area contributed by atoms with Crippen molar-refractivity contribution in [1.82, 2.24) is 9.88 Å². The average Bonchev–Trinajstić information content (AvgIpc) is 2.86. The molecule has 0 aliphatic carbocycles. The second-order valence-electron chi connectivity index (χ2n) is 7.72. The van der Waals surface area contributed by atoms with Crippen molar-refractivity contribution in [2.75, 3.05) is 31.6 Å². The summed E-state index contributed by atoms with van der Waals surface area (Å²) in [6.07, 6.45) is 3.98. The Morgan fingerprint density at radius 2 is 1.96 bits per heavy atom. The summed E-state index contributed by atoms with van der Waals surface area (Å²) in [6, 6.07) is 1.91. The fraction of sp³-hybridized carbons (Fsp3) is 0.611. The van der Waals surface area contributed by atoms with Crippen LogP contribution < -0.4 is 4.90 Å². The Morgan fingerprint density at radius 1 is 1.20 bits per heavy atom. The topological polar surface area (TPSA) is 72.0 Å². The Labute approximate surface area is 147 Å². The van der Waals surface area contributed by atoms with Crippen LogP contribution in [0.2, 0.25) is 0 Å². The summed E-state index contributed by atoms with van der Waals surface area (Å²) < 4.78 is 10.3. The van der Waals surface area contributed by atoms with Crippen molar-refractivity contribution in [3.8, 4) is 0 Å². The van der Waals surface area contributed by atoms with Gasteiger partial charge in [0.1, 0.15) is 5.60 Å². The quantitative estimate of drug-likeness (QED) is 0.765. The molecule has 0 saturated carbocycles. The molecule has 2 unspecified atom stereocenters. The van der Waals surface area contributed by atoms with Gasteiger partial charge in [0.25, 0.3) is 0 Å². The molecule has 0 aromatic carbocycles. The van der Waals surface area contributed by atoms with Crippen molar-refractivity contribution in [2.24, 2.45) is 5.92 Å². The third-order valence-electron chi connectivity index (χ3n) is 4.55. The first-order chi connectivity index (χ1) is 11.8. The van der Waals surface area contributed by atoms with Gasteiger partial charge >= 0.3 is 12.1 Å². The standard InChI is InChI=1S/C18H25N3O4/c1-18(2,3)25-17(23)21-10-12-5-15(21)11-20(9-12)14-6-13(7-19-8-14)16(22)24-4/h6-8,12,15H,5,9-11H2,1-4H3. The number of carbonyl (C=O) groups is 2. The number of aromatic nitrogens is 1. The summed E-state index contributed by atoms with van der Waals surface area (Å²) in [5, 5.41) is 0. The molecule has 2 aliphatic rings. The molecule has 0 N–H and O–H groups in total. The van der Waals surface area contributed by atoms with E-state index in [9.17, 15) is 9.59 Å². The van der Waals surface area contributed by atoms with Crippen LogP contribution in [0, 0.1) is 5.92 Å². The van der Waals surface area contributed by atoms with Crippen molar-refractivity contribution >= 4 is 17.7 Å². The molecule has 1 aromatic rings. The molecule has 2 bridgehead atoms. The number of esters is 1. The van der Waals surface area contributed by atoms with Gasteiger partial charge < -0.3 is 19.3 Å². The van der Waals surface area contributed by atoms with Gasteiger partial charge in [-0.05, 0) is 39.2 Å². The zero-order chi connectivity index (χ0) is 18.2. The van der Waals surface area contributed by atoms with E-state index in [1.807, 2.05) is 25.7 Å². The molecule has 3 heterocycles. The first-order valence-electron chi connectivity index (χ1n) is 8.55. The van der Waals surface area contributed by atoms with Gasteiger partial charge in [-0.3, -0.25) is 4.98 Å². The highest BCUT2D eigenvalue weighted by Crippen LogP contribution is 2.33. The first kappa shape index (κ1) is 17.5. The molecule has 1 amide bonds. The first-order valence-corrected chi connectivity index (χ1v) is 8.55. The zero-order valence-electron chi connectivity index (χ0n) is 15.2. The van der Waals surface area contributed by atoms with E-state index < -0.39 is 11.6 Å². The molecule has 1 aromatic heterocycles. The normalized spacial score (nSPS) is 22.7. The Kier molecular flexibility index (Phi) is 4.58. The Bertz CT molecular complexity index is 671. The molecule has 2 saturated heterocycles. The lowest BCUT2D eigenvalue weighted by atomic mass is 9.99. The van der Waals surface area contributed by atoms with Crippen molar-refractivity contribution in [1.29, 1.82) is 0 Å². The summed E-state index contributed by atoms with van der Waals surface area (Å²) in [7, 11) is 1.36. The highest BCUT2D eigenvalue weighted by molar-refractivity contribution is 5.90. The molecule has 0 spiro atoms. The number of pyridine rings is 1. The minimum atomic E-state index is -0.494. The molecule has 3 rings (SSSR count). The number of nitrogens with zero attached hydrogens (tertiary/aromatic N) is 3. The molecule has 0 radical (unpaired) electrons. The van der Waals surface area contributed by atoms with Gasteiger partial charge in [-0.2, -0.15) is 0 Å². The minimum absolute atomic E-state index is 0.121. The third kappa shape index (κ3) is 3.86. The van der Waals surface area contributed by atoms with Crippen molar-refractivity contribution in [3.05, 3.63) is 24.0 Å². The minimum Gasteiger partial charge on any atom is -0.465 e. The van der Waals surface area contributed by atoms with E-state index in [1.165, 1.54) is 13.3 Å². The number of hydrogen-bond donors (Lipinski definition) is 0. The van der Waals surface area contributed by atoms with E-state index in [0.717, 1.165) is 18.7 Å². The molecule has 7 heteroatoms. The second kappa shape index (κ2) is 6.54. The van der Waals surface area contributed by atoms with Gasteiger partial charge in [0.15, 0.2) is 0 Å². The largest absolute Gasteiger partial charge is 0.465 e. The fourth-order valence-electron chi connectivity index (χ4n) is 3.54. The van der Waals surface area contributed by atoms with Crippen molar-refractivity contribution in [3.63, 3.8) is 0 Å².